The first-order valence-corrected chi connectivity index (χ1v) is 10.3. The summed E-state index contributed by atoms with van der Waals surface area (Å²) in [7, 11) is -3.89. The number of carbonyl (C=O) groups excluding carboxylic acids is 1. The van der Waals surface area contributed by atoms with Crippen LogP contribution in [0.1, 0.15) is 5.56 Å². The first-order valence-electron chi connectivity index (χ1n) is 7.54. The Kier molecular flexibility index (Phi) is 5.67. The number of sulfonamides is 1. The molecule has 5 nitrogen and oxygen atoms in total. The van der Waals surface area contributed by atoms with Crippen LogP contribution >= 0.6 is 24.0 Å². The van der Waals surface area contributed by atoms with E-state index in [2.05, 4.69) is 4.83 Å². The molecular weight excluding hydrogens is 388 g/mol. The Morgan fingerprint density at radius 2 is 1.62 bits per heavy atom. The number of hydrogen-bond acceptors (Lipinski definition) is 5. The summed E-state index contributed by atoms with van der Waals surface area (Å²) in [4.78, 5) is 15.1. The van der Waals surface area contributed by atoms with Crippen LogP contribution in [0.25, 0.3) is 6.08 Å². The SMILES string of the molecule is O=C1/C(=C/C=C/c2ccccc2)SC(=S)N1NS(=O)(=O)c1ccccc1. The average Bonchev–Trinajstić information content (AvgIpc) is 2.91. The number of hydrogen-bond donors (Lipinski definition) is 1. The highest BCUT2D eigenvalue weighted by Crippen LogP contribution is 2.30. The molecule has 0 radical (unpaired) electrons. The third kappa shape index (κ3) is 4.28. The van der Waals surface area contributed by atoms with Gasteiger partial charge in [-0.2, -0.15) is 0 Å². The second-order valence-corrected chi connectivity index (χ2v) is 8.55. The molecule has 0 atom stereocenters. The molecule has 2 aromatic rings. The monoisotopic (exact) mass is 402 g/mol. The van der Waals surface area contributed by atoms with Crippen LogP contribution in [0.5, 0.6) is 0 Å². The standard InChI is InChI=1S/C18H14N2O3S3/c21-17-16(13-7-10-14-8-3-1-4-9-14)25-18(24)20(17)19-26(22,23)15-11-5-2-6-12-15/h1-13,19H/b10-7+,16-13-. The van der Waals surface area contributed by atoms with E-state index >= 15 is 0 Å². The van der Waals surface area contributed by atoms with E-state index in [1.54, 1.807) is 30.4 Å². The first kappa shape index (κ1) is 18.5. The lowest BCUT2D eigenvalue weighted by molar-refractivity contribution is -0.123. The minimum atomic E-state index is -3.89. The lowest BCUT2D eigenvalue weighted by Crippen LogP contribution is -2.44. The molecule has 26 heavy (non-hydrogen) atoms. The number of allylic oxidation sites excluding steroid dienone is 2. The molecule has 1 aliphatic rings. The van der Waals surface area contributed by atoms with Crippen molar-refractivity contribution in [2.45, 2.75) is 4.90 Å². The molecule has 0 spiro atoms. The molecule has 8 heteroatoms. The molecule has 1 amide bonds. The summed E-state index contributed by atoms with van der Waals surface area (Å²) in [5.74, 6) is -0.503. The number of nitrogens with one attached hydrogen (secondary N) is 1. The van der Waals surface area contributed by atoms with E-state index in [1.807, 2.05) is 36.4 Å². The van der Waals surface area contributed by atoms with Crippen LogP contribution in [-0.4, -0.2) is 23.7 Å². The molecule has 3 rings (SSSR count). The topological polar surface area (TPSA) is 66.5 Å². The molecule has 1 saturated heterocycles. The fourth-order valence-electron chi connectivity index (χ4n) is 2.14. The molecule has 2 aromatic carbocycles. The normalized spacial score (nSPS) is 16.8. The van der Waals surface area contributed by atoms with Crippen molar-refractivity contribution in [2.75, 3.05) is 0 Å². The van der Waals surface area contributed by atoms with E-state index < -0.39 is 15.9 Å². The van der Waals surface area contributed by atoms with Crippen LogP contribution in [0.15, 0.2) is 82.6 Å². The minimum absolute atomic E-state index is 0.0574. The van der Waals surface area contributed by atoms with Gasteiger partial charge < -0.3 is 0 Å². The number of amides is 1. The number of benzene rings is 2. The Bertz CT molecular complexity index is 985. The van der Waals surface area contributed by atoms with Gasteiger partial charge in [-0.1, -0.05) is 84.7 Å². The van der Waals surface area contributed by atoms with Crippen LogP contribution in [0.2, 0.25) is 0 Å². The van der Waals surface area contributed by atoms with Gasteiger partial charge >= 0.3 is 0 Å². The van der Waals surface area contributed by atoms with Gasteiger partial charge in [0.05, 0.1) is 9.80 Å². The van der Waals surface area contributed by atoms with Crippen molar-refractivity contribution in [3.05, 3.63) is 83.3 Å². The van der Waals surface area contributed by atoms with E-state index in [0.29, 0.717) is 4.91 Å². The fraction of sp³-hybridized carbons (Fsp3) is 0. The Hall–Kier alpha value is -2.26. The van der Waals surface area contributed by atoms with Crippen LogP contribution < -0.4 is 4.83 Å². The minimum Gasteiger partial charge on any atom is -0.267 e. The second kappa shape index (κ2) is 7.96. The number of hydrazine groups is 1. The van der Waals surface area contributed by atoms with Crippen molar-refractivity contribution in [3.63, 3.8) is 0 Å². The van der Waals surface area contributed by atoms with Gasteiger partial charge in [-0.05, 0) is 23.8 Å². The summed E-state index contributed by atoms with van der Waals surface area (Å²) in [5.41, 5.74) is 0.990. The number of thioether (sulfide) groups is 1. The molecule has 0 unspecified atom stereocenters. The van der Waals surface area contributed by atoms with Gasteiger partial charge in [-0.15, -0.1) is 4.83 Å². The summed E-state index contributed by atoms with van der Waals surface area (Å²) >= 11 is 6.18. The Balaban J connectivity index is 1.75. The van der Waals surface area contributed by atoms with Crippen LogP contribution in [0.4, 0.5) is 0 Å². The molecule has 0 saturated carbocycles. The number of rotatable bonds is 5. The molecule has 1 aliphatic heterocycles. The first-order chi connectivity index (χ1) is 12.5. The summed E-state index contributed by atoms with van der Waals surface area (Å²) < 4.78 is 24.9. The van der Waals surface area contributed by atoms with E-state index in [0.717, 1.165) is 22.3 Å². The highest BCUT2D eigenvalue weighted by Gasteiger charge is 2.35. The van der Waals surface area contributed by atoms with Gasteiger partial charge in [-0.25, -0.2) is 13.4 Å². The number of thiocarbonyl (C=S) groups is 1. The summed E-state index contributed by atoms with van der Waals surface area (Å²) in [6.07, 6.45) is 5.19. The summed E-state index contributed by atoms with van der Waals surface area (Å²) in [6.45, 7) is 0. The maximum absolute atomic E-state index is 12.5. The highest BCUT2D eigenvalue weighted by molar-refractivity contribution is 8.26. The molecule has 1 heterocycles. The summed E-state index contributed by atoms with van der Waals surface area (Å²) in [6, 6.07) is 17.4. The van der Waals surface area contributed by atoms with Gasteiger partial charge in [0.15, 0.2) is 4.32 Å². The third-order valence-corrected chi connectivity index (χ3v) is 6.03. The summed E-state index contributed by atoms with van der Waals surface area (Å²) in [5, 5.41) is 0.879. The van der Waals surface area contributed by atoms with Crippen molar-refractivity contribution >= 4 is 50.3 Å². The van der Waals surface area contributed by atoms with E-state index in [4.69, 9.17) is 12.2 Å². The van der Waals surface area contributed by atoms with Crippen molar-refractivity contribution in [3.8, 4) is 0 Å². The highest BCUT2D eigenvalue weighted by atomic mass is 32.2. The second-order valence-electron chi connectivity index (χ2n) is 5.22. The van der Waals surface area contributed by atoms with Gasteiger partial charge in [0.1, 0.15) is 0 Å². The lowest BCUT2D eigenvalue weighted by atomic mass is 10.2. The quantitative estimate of drug-likeness (QED) is 0.614. The number of nitrogens with zero attached hydrogens (tertiary/aromatic N) is 1. The lowest BCUT2D eigenvalue weighted by Gasteiger charge is -2.15. The Labute approximate surface area is 161 Å². The van der Waals surface area contributed by atoms with Crippen LogP contribution in [0, 0.1) is 0 Å². The molecule has 1 N–H and O–H groups in total. The van der Waals surface area contributed by atoms with Crippen molar-refractivity contribution in [2.24, 2.45) is 0 Å². The largest absolute Gasteiger partial charge is 0.281 e. The Morgan fingerprint density at radius 3 is 2.27 bits per heavy atom. The van der Waals surface area contributed by atoms with Crippen molar-refractivity contribution in [1.29, 1.82) is 0 Å². The van der Waals surface area contributed by atoms with Gasteiger partial charge in [-0.3, -0.25) is 4.79 Å². The van der Waals surface area contributed by atoms with E-state index in [9.17, 15) is 13.2 Å². The maximum Gasteiger partial charge on any atom is 0.281 e. The number of carbonyl (C=O) groups is 1. The zero-order valence-electron chi connectivity index (χ0n) is 13.4. The fourth-order valence-corrected chi connectivity index (χ4v) is 4.43. The molecule has 132 valence electrons. The van der Waals surface area contributed by atoms with Gasteiger partial charge in [0.25, 0.3) is 15.9 Å². The molecule has 1 fully saturated rings. The molecule has 0 aromatic heterocycles. The van der Waals surface area contributed by atoms with E-state index in [1.165, 1.54) is 12.1 Å². The predicted molar refractivity (Wildman–Crippen MR) is 107 cm³/mol. The molecule has 0 aliphatic carbocycles. The van der Waals surface area contributed by atoms with Crippen molar-refractivity contribution in [1.82, 2.24) is 9.84 Å². The van der Waals surface area contributed by atoms with Gasteiger partial charge in [0.2, 0.25) is 0 Å². The van der Waals surface area contributed by atoms with Gasteiger partial charge in [0, 0.05) is 0 Å². The zero-order valence-corrected chi connectivity index (χ0v) is 15.9. The average molecular weight is 403 g/mol. The smallest absolute Gasteiger partial charge is 0.267 e. The predicted octanol–water partition coefficient (Wildman–Crippen LogP) is 3.34. The zero-order chi connectivity index (χ0) is 18.6. The maximum atomic E-state index is 12.5. The van der Waals surface area contributed by atoms with Crippen LogP contribution in [-0.2, 0) is 14.8 Å². The molecular formula is C18H14N2O3S3. The Morgan fingerprint density at radius 1 is 1.00 bits per heavy atom. The van der Waals surface area contributed by atoms with Crippen LogP contribution in [0.3, 0.4) is 0 Å². The molecule has 0 bridgehead atoms. The van der Waals surface area contributed by atoms with Crippen molar-refractivity contribution < 1.29 is 13.2 Å². The third-order valence-electron chi connectivity index (χ3n) is 3.39. The van der Waals surface area contributed by atoms with E-state index in [-0.39, 0.29) is 9.22 Å².